The van der Waals surface area contributed by atoms with E-state index in [0.29, 0.717) is 5.75 Å². The first-order valence-corrected chi connectivity index (χ1v) is 7.37. The summed E-state index contributed by atoms with van der Waals surface area (Å²) in [6.07, 6.45) is 4.00. The zero-order valence-electron chi connectivity index (χ0n) is 13.4. The molecule has 0 atom stereocenters. The average molecular weight is 322 g/mol. The van der Waals surface area contributed by atoms with Gasteiger partial charge in [-0.25, -0.2) is 0 Å². The molecular weight excluding hydrogens is 304 g/mol. The summed E-state index contributed by atoms with van der Waals surface area (Å²) in [6, 6.07) is 12.2. The Morgan fingerprint density at radius 3 is 2.46 bits per heavy atom. The standard InChI is InChI=1S/C20H18O4/c1-3-16(21)12-18(23)10-6-15-7-11-19(24-2)13-20(15)14-4-8-17(22)9-5-14/h3-11,13,22H,1,12H2,2H3/b10-6+. The van der Waals surface area contributed by atoms with E-state index in [0.717, 1.165) is 22.8 Å². The second-order valence-electron chi connectivity index (χ2n) is 5.15. The van der Waals surface area contributed by atoms with Gasteiger partial charge in [0, 0.05) is 0 Å². The second kappa shape index (κ2) is 7.92. The Morgan fingerprint density at radius 1 is 1.12 bits per heavy atom. The number of aromatic hydroxyl groups is 1. The second-order valence-corrected chi connectivity index (χ2v) is 5.15. The number of methoxy groups -OCH3 is 1. The number of phenolic OH excluding ortho intramolecular Hbond substituents is 1. The van der Waals surface area contributed by atoms with Crippen LogP contribution in [0.1, 0.15) is 12.0 Å². The fourth-order valence-electron chi connectivity index (χ4n) is 2.18. The summed E-state index contributed by atoms with van der Waals surface area (Å²) in [6.45, 7) is 3.35. The predicted octanol–water partition coefficient (Wildman–Crippen LogP) is 3.80. The van der Waals surface area contributed by atoms with Crippen molar-refractivity contribution in [3.63, 3.8) is 0 Å². The predicted molar refractivity (Wildman–Crippen MR) is 94.0 cm³/mol. The number of ketones is 2. The first-order valence-electron chi connectivity index (χ1n) is 7.37. The molecule has 0 radical (unpaired) electrons. The number of benzene rings is 2. The van der Waals surface area contributed by atoms with E-state index in [4.69, 9.17) is 4.74 Å². The quantitative estimate of drug-likeness (QED) is 0.622. The molecule has 0 aliphatic carbocycles. The maximum atomic E-state index is 11.8. The molecule has 0 fully saturated rings. The van der Waals surface area contributed by atoms with Gasteiger partial charge in [-0.2, -0.15) is 0 Å². The van der Waals surface area contributed by atoms with Crippen LogP contribution in [0.2, 0.25) is 0 Å². The van der Waals surface area contributed by atoms with Crippen molar-refractivity contribution >= 4 is 17.6 Å². The van der Waals surface area contributed by atoms with E-state index in [1.165, 1.54) is 6.08 Å². The Kier molecular flexibility index (Phi) is 5.68. The molecule has 0 aliphatic rings. The molecule has 122 valence electrons. The third kappa shape index (κ3) is 4.43. The third-order valence-corrected chi connectivity index (χ3v) is 3.46. The summed E-state index contributed by atoms with van der Waals surface area (Å²) in [5.41, 5.74) is 2.54. The third-order valence-electron chi connectivity index (χ3n) is 3.46. The van der Waals surface area contributed by atoms with E-state index in [1.54, 1.807) is 43.5 Å². The molecule has 0 spiro atoms. The van der Waals surface area contributed by atoms with Gasteiger partial charge in [0.2, 0.25) is 0 Å². The minimum atomic E-state index is -0.307. The Labute approximate surface area is 140 Å². The van der Waals surface area contributed by atoms with Crippen LogP contribution in [0.3, 0.4) is 0 Å². The zero-order valence-corrected chi connectivity index (χ0v) is 13.4. The van der Waals surface area contributed by atoms with E-state index in [2.05, 4.69) is 6.58 Å². The minimum absolute atomic E-state index is 0.178. The van der Waals surface area contributed by atoms with Crippen LogP contribution in [0.15, 0.2) is 61.2 Å². The van der Waals surface area contributed by atoms with E-state index < -0.39 is 0 Å². The molecule has 0 saturated carbocycles. The lowest BCUT2D eigenvalue weighted by atomic mass is 9.98. The number of ether oxygens (including phenoxy) is 1. The van der Waals surface area contributed by atoms with Crippen LogP contribution in [0, 0.1) is 0 Å². The number of hydrogen-bond donors (Lipinski definition) is 1. The highest BCUT2D eigenvalue weighted by atomic mass is 16.5. The van der Waals surface area contributed by atoms with E-state index >= 15 is 0 Å². The fourth-order valence-corrected chi connectivity index (χ4v) is 2.18. The molecule has 0 unspecified atom stereocenters. The first kappa shape index (κ1) is 17.2. The van der Waals surface area contributed by atoms with E-state index in [1.807, 2.05) is 12.1 Å². The molecule has 1 N–H and O–H groups in total. The summed E-state index contributed by atoms with van der Waals surface area (Å²) in [4.78, 5) is 23.0. The van der Waals surface area contributed by atoms with Gasteiger partial charge in [0.25, 0.3) is 0 Å². The van der Waals surface area contributed by atoms with Crippen molar-refractivity contribution < 1.29 is 19.4 Å². The molecule has 0 heterocycles. The van der Waals surface area contributed by atoms with Gasteiger partial charge in [-0.15, -0.1) is 0 Å². The molecule has 0 amide bonds. The smallest absolute Gasteiger partial charge is 0.163 e. The molecule has 24 heavy (non-hydrogen) atoms. The van der Waals surface area contributed by atoms with Gasteiger partial charge in [-0.3, -0.25) is 9.59 Å². The number of rotatable bonds is 7. The molecule has 2 aromatic rings. The summed E-state index contributed by atoms with van der Waals surface area (Å²) in [7, 11) is 1.58. The lowest BCUT2D eigenvalue weighted by Crippen LogP contribution is -2.01. The van der Waals surface area contributed by atoms with Crippen molar-refractivity contribution in [1.29, 1.82) is 0 Å². The Bertz CT molecular complexity index is 786. The van der Waals surface area contributed by atoms with Gasteiger partial charge < -0.3 is 9.84 Å². The fraction of sp³-hybridized carbons (Fsp3) is 0.100. The molecule has 0 saturated heterocycles. The van der Waals surface area contributed by atoms with Crippen LogP contribution in [0.5, 0.6) is 11.5 Å². The van der Waals surface area contributed by atoms with E-state index in [-0.39, 0.29) is 23.7 Å². The van der Waals surface area contributed by atoms with Crippen LogP contribution in [-0.2, 0) is 9.59 Å². The number of hydrogen-bond acceptors (Lipinski definition) is 4. The number of phenols is 1. The van der Waals surface area contributed by atoms with Gasteiger partial charge >= 0.3 is 0 Å². The van der Waals surface area contributed by atoms with Crippen molar-refractivity contribution in [3.05, 3.63) is 66.8 Å². The van der Waals surface area contributed by atoms with Crippen LogP contribution in [0.4, 0.5) is 0 Å². The topological polar surface area (TPSA) is 63.6 Å². The van der Waals surface area contributed by atoms with Crippen molar-refractivity contribution in [2.24, 2.45) is 0 Å². The number of allylic oxidation sites excluding steroid dienone is 2. The molecular formula is C20H18O4. The van der Waals surface area contributed by atoms with Crippen molar-refractivity contribution in [2.75, 3.05) is 7.11 Å². The highest BCUT2D eigenvalue weighted by Gasteiger charge is 2.07. The van der Waals surface area contributed by atoms with Gasteiger partial charge in [0.15, 0.2) is 11.6 Å². The summed E-state index contributed by atoms with van der Waals surface area (Å²) < 4.78 is 5.25. The van der Waals surface area contributed by atoms with Gasteiger partial charge in [0.1, 0.15) is 11.5 Å². The molecule has 0 aliphatic heterocycles. The molecule has 2 rings (SSSR count). The highest BCUT2D eigenvalue weighted by Crippen LogP contribution is 2.30. The Hall–Kier alpha value is -3.14. The average Bonchev–Trinajstić information content (AvgIpc) is 2.60. The summed E-state index contributed by atoms with van der Waals surface area (Å²) in [5, 5.41) is 9.43. The molecule has 2 aromatic carbocycles. The SMILES string of the molecule is C=CC(=O)CC(=O)/C=C/c1ccc(OC)cc1-c1ccc(O)cc1. The lowest BCUT2D eigenvalue weighted by Gasteiger charge is -2.09. The molecule has 4 nitrogen and oxygen atoms in total. The van der Waals surface area contributed by atoms with Crippen LogP contribution >= 0.6 is 0 Å². The first-order chi connectivity index (χ1) is 11.5. The number of carbonyl (C=O) groups is 2. The largest absolute Gasteiger partial charge is 0.508 e. The van der Waals surface area contributed by atoms with Crippen LogP contribution < -0.4 is 4.74 Å². The van der Waals surface area contributed by atoms with Crippen molar-refractivity contribution in [2.45, 2.75) is 6.42 Å². The highest BCUT2D eigenvalue weighted by molar-refractivity contribution is 6.09. The van der Waals surface area contributed by atoms with Crippen LogP contribution in [-0.4, -0.2) is 23.8 Å². The lowest BCUT2D eigenvalue weighted by molar-refractivity contribution is -0.121. The normalized spacial score (nSPS) is 10.5. The van der Waals surface area contributed by atoms with Crippen molar-refractivity contribution in [1.82, 2.24) is 0 Å². The monoisotopic (exact) mass is 322 g/mol. The van der Waals surface area contributed by atoms with Gasteiger partial charge in [0.05, 0.1) is 13.5 Å². The molecule has 0 bridgehead atoms. The number of carbonyl (C=O) groups excluding carboxylic acids is 2. The van der Waals surface area contributed by atoms with Crippen LogP contribution in [0.25, 0.3) is 17.2 Å². The van der Waals surface area contributed by atoms with Gasteiger partial charge in [-0.05, 0) is 53.1 Å². The Morgan fingerprint density at radius 2 is 1.83 bits per heavy atom. The maximum absolute atomic E-state index is 11.8. The summed E-state index contributed by atoms with van der Waals surface area (Å²) in [5.74, 6) is 0.269. The minimum Gasteiger partial charge on any atom is -0.508 e. The van der Waals surface area contributed by atoms with Crippen molar-refractivity contribution in [3.8, 4) is 22.6 Å². The summed E-state index contributed by atoms with van der Waals surface area (Å²) >= 11 is 0. The van der Waals surface area contributed by atoms with Gasteiger partial charge in [-0.1, -0.05) is 30.9 Å². The zero-order chi connectivity index (χ0) is 17.5. The van der Waals surface area contributed by atoms with E-state index in [9.17, 15) is 14.7 Å². The molecule has 4 heteroatoms. The molecule has 0 aromatic heterocycles. The Balaban J connectivity index is 2.35. The maximum Gasteiger partial charge on any atom is 0.163 e.